The second kappa shape index (κ2) is 6.91. The molecule has 94 valence electrons. The Hall–Kier alpha value is -1.55. The molecule has 4 heteroatoms. The molecule has 0 unspecified atom stereocenters. The lowest BCUT2D eigenvalue weighted by Crippen LogP contribution is -2.14. The van der Waals surface area contributed by atoms with Crippen LogP contribution in [0.5, 0.6) is 5.75 Å². The smallest absolute Gasteiger partial charge is 0.344 e. The van der Waals surface area contributed by atoms with Crippen molar-refractivity contribution in [2.24, 2.45) is 0 Å². The summed E-state index contributed by atoms with van der Waals surface area (Å²) in [4.78, 5) is 11.1. The fraction of sp³-hybridized carbons (Fsp3) is 0.462. The Morgan fingerprint density at radius 1 is 1.35 bits per heavy atom. The molecule has 0 saturated heterocycles. The fourth-order valence-corrected chi connectivity index (χ4v) is 1.53. The van der Waals surface area contributed by atoms with E-state index < -0.39 is 0 Å². The number of rotatable bonds is 6. The zero-order valence-electron chi connectivity index (χ0n) is 10.2. The van der Waals surface area contributed by atoms with Crippen molar-refractivity contribution in [1.82, 2.24) is 0 Å². The molecule has 1 aromatic carbocycles. The summed E-state index contributed by atoms with van der Waals surface area (Å²) in [6.07, 6.45) is 0.581. The first-order chi connectivity index (χ1) is 8.15. The van der Waals surface area contributed by atoms with Crippen molar-refractivity contribution in [3.63, 3.8) is 0 Å². The number of benzene rings is 1. The van der Waals surface area contributed by atoms with Crippen molar-refractivity contribution in [2.45, 2.75) is 20.3 Å². The molecule has 0 spiro atoms. The number of aliphatic hydroxyl groups is 1. The number of aryl methyl sites for hydroxylation is 1. The molecule has 0 aliphatic rings. The summed E-state index contributed by atoms with van der Waals surface area (Å²) in [5.41, 5.74) is 2.03. The molecule has 4 nitrogen and oxygen atoms in total. The van der Waals surface area contributed by atoms with Gasteiger partial charge in [-0.25, -0.2) is 4.79 Å². The van der Waals surface area contributed by atoms with Crippen LogP contribution in [0, 0.1) is 6.92 Å². The first-order valence-corrected chi connectivity index (χ1v) is 5.65. The van der Waals surface area contributed by atoms with Gasteiger partial charge in [-0.15, -0.1) is 0 Å². The summed E-state index contributed by atoms with van der Waals surface area (Å²) in [5, 5.41) is 8.87. The SMILES string of the molecule is CCOC(=O)COc1cc(C)cc(CCO)c1. The van der Waals surface area contributed by atoms with Gasteiger partial charge in [-0.2, -0.15) is 0 Å². The summed E-state index contributed by atoms with van der Waals surface area (Å²) in [6, 6.07) is 5.65. The highest BCUT2D eigenvalue weighted by Crippen LogP contribution is 2.17. The van der Waals surface area contributed by atoms with E-state index in [0.29, 0.717) is 18.8 Å². The van der Waals surface area contributed by atoms with E-state index in [-0.39, 0.29) is 19.2 Å². The van der Waals surface area contributed by atoms with Crippen LogP contribution in [0.3, 0.4) is 0 Å². The van der Waals surface area contributed by atoms with Gasteiger partial charge in [0.1, 0.15) is 5.75 Å². The summed E-state index contributed by atoms with van der Waals surface area (Å²) < 4.78 is 10.1. The Kier molecular flexibility index (Phi) is 5.49. The monoisotopic (exact) mass is 238 g/mol. The number of esters is 1. The van der Waals surface area contributed by atoms with E-state index in [1.807, 2.05) is 25.1 Å². The molecule has 0 aliphatic heterocycles. The van der Waals surface area contributed by atoms with Crippen molar-refractivity contribution in [3.8, 4) is 5.75 Å². The first-order valence-electron chi connectivity index (χ1n) is 5.65. The Bertz CT molecular complexity index is 374. The van der Waals surface area contributed by atoms with E-state index >= 15 is 0 Å². The zero-order valence-corrected chi connectivity index (χ0v) is 10.2. The minimum absolute atomic E-state index is 0.0874. The Morgan fingerprint density at radius 3 is 2.76 bits per heavy atom. The van der Waals surface area contributed by atoms with Crippen LogP contribution in [-0.4, -0.2) is 30.9 Å². The molecule has 0 atom stereocenters. The molecule has 0 bridgehead atoms. The van der Waals surface area contributed by atoms with Gasteiger partial charge < -0.3 is 14.6 Å². The molecular weight excluding hydrogens is 220 g/mol. The third-order valence-corrected chi connectivity index (χ3v) is 2.17. The van der Waals surface area contributed by atoms with Gasteiger partial charge in [0.05, 0.1) is 6.61 Å². The quantitative estimate of drug-likeness (QED) is 0.762. The van der Waals surface area contributed by atoms with Gasteiger partial charge in [0, 0.05) is 6.61 Å². The van der Waals surface area contributed by atoms with Gasteiger partial charge in [0.25, 0.3) is 0 Å². The van der Waals surface area contributed by atoms with Gasteiger partial charge in [0.2, 0.25) is 0 Å². The number of carbonyl (C=O) groups excluding carboxylic acids is 1. The average molecular weight is 238 g/mol. The molecule has 0 aliphatic carbocycles. The summed E-state index contributed by atoms with van der Waals surface area (Å²) >= 11 is 0. The largest absolute Gasteiger partial charge is 0.482 e. The van der Waals surface area contributed by atoms with Crippen LogP contribution >= 0.6 is 0 Å². The van der Waals surface area contributed by atoms with Crippen molar-refractivity contribution in [2.75, 3.05) is 19.8 Å². The highest BCUT2D eigenvalue weighted by molar-refractivity contribution is 5.71. The molecule has 0 saturated carbocycles. The van der Waals surface area contributed by atoms with Crippen molar-refractivity contribution in [1.29, 1.82) is 0 Å². The van der Waals surface area contributed by atoms with E-state index in [1.54, 1.807) is 6.92 Å². The van der Waals surface area contributed by atoms with E-state index in [2.05, 4.69) is 0 Å². The maximum atomic E-state index is 11.1. The van der Waals surface area contributed by atoms with Crippen LogP contribution < -0.4 is 4.74 Å². The van der Waals surface area contributed by atoms with Crippen LogP contribution in [0.2, 0.25) is 0 Å². The van der Waals surface area contributed by atoms with E-state index in [0.717, 1.165) is 11.1 Å². The Balaban J connectivity index is 2.61. The lowest BCUT2D eigenvalue weighted by atomic mass is 10.1. The van der Waals surface area contributed by atoms with Crippen LogP contribution in [0.1, 0.15) is 18.1 Å². The molecule has 0 aromatic heterocycles. The molecule has 1 rings (SSSR count). The standard InChI is InChI=1S/C13H18O4/c1-3-16-13(15)9-17-12-7-10(2)6-11(8-12)4-5-14/h6-8,14H,3-5,9H2,1-2H3. The van der Waals surface area contributed by atoms with E-state index in [9.17, 15) is 4.79 Å². The number of ether oxygens (including phenoxy) is 2. The topological polar surface area (TPSA) is 55.8 Å². The Labute approximate surface area is 101 Å². The van der Waals surface area contributed by atoms with Gasteiger partial charge >= 0.3 is 5.97 Å². The maximum absolute atomic E-state index is 11.1. The number of hydrogen-bond acceptors (Lipinski definition) is 4. The lowest BCUT2D eigenvalue weighted by molar-refractivity contribution is -0.145. The molecule has 1 aromatic rings. The molecular formula is C13H18O4. The maximum Gasteiger partial charge on any atom is 0.344 e. The number of carbonyl (C=O) groups is 1. The number of aliphatic hydroxyl groups excluding tert-OH is 1. The molecule has 1 N–H and O–H groups in total. The van der Waals surface area contributed by atoms with Gasteiger partial charge in [0.15, 0.2) is 6.61 Å². The third kappa shape index (κ3) is 4.87. The second-order valence-electron chi connectivity index (χ2n) is 3.72. The van der Waals surface area contributed by atoms with Crippen LogP contribution in [0.25, 0.3) is 0 Å². The van der Waals surface area contributed by atoms with Gasteiger partial charge in [-0.1, -0.05) is 6.07 Å². The van der Waals surface area contributed by atoms with Crippen molar-refractivity contribution < 1.29 is 19.4 Å². The average Bonchev–Trinajstić information content (AvgIpc) is 2.26. The predicted octanol–water partition coefficient (Wildman–Crippen LogP) is 1.47. The van der Waals surface area contributed by atoms with Crippen LogP contribution in [0.15, 0.2) is 18.2 Å². The molecule has 0 heterocycles. The summed E-state index contributed by atoms with van der Waals surface area (Å²) in [6.45, 7) is 4.06. The van der Waals surface area contributed by atoms with E-state index in [4.69, 9.17) is 14.6 Å². The minimum Gasteiger partial charge on any atom is -0.482 e. The normalized spacial score (nSPS) is 10.1. The molecule has 0 amide bonds. The highest BCUT2D eigenvalue weighted by atomic mass is 16.6. The fourth-order valence-electron chi connectivity index (χ4n) is 1.53. The predicted molar refractivity (Wildman–Crippen MR) is 64.1 cm³/mol. The van der Waals surface area contributed by atoms with Crippen LogP contribution in [-0.2, 0) is 16.0 Å². The summed E-state index contributed by atoms with van der Waals surface area (Å²) in [7, 11) is 0. The summed E-state index contributed by atoms with van der Waals surface area (Å²) in [5.74, 6) is 0.249. The number of hydrogen-bond donors (Lipinski definition) is 1. The minimum atomic E-state index is -0.377. The molecule has 17 heavy (non-hydrogen) atoms. The highest BCUT2D eigenvalue weighted by Gasteiger charge is 2.04. The van der Waals surface area contributed by atoms with E-state index in [1.165, 1.54) is 0 Å². The van der Waals surface area contributed by atoms with Crippen molar-refractivity contribution >= 4 is 5.97 Å². The Morgan fingerprint density at radius 2 is 2.12 bits per heavy atom. The zero-order chi connectivity index (χ0) is 12.7. The lowest BCUT2D eigenvalue weighted by Gasteiger charge is -2.08. The molecule has 0 fully saturated rings. The van der Waals surface area contributed by atoms with Crippen LogP contribution in [0.4, 0.5) is 0 Å². The van der Waals surface area contributed by atoms with Gasteiger partial charge in [-0.05, 0) is 43.5 Å². The first kappa shape index (κ1) is 13.5. The third-order valence-electron chi connectivity index (χ3n) is 2.17. The molecule has 0 radical (unpaired) electrons. The second-order valence-corrected chi connectivity index (χ2v) is 3.72. The van der Waals surface area contributed by atoms with Crippen molar-refractivity contribution in [3.05, 3.63) is 29.3 Å². The van der Waals surface area contributed by atoms with Gasteiger partial charge in [-0.3, -0.25) is 0 Å².